The summed E-state index contributed by atoms with van der Waals surface area (Å²) in [6, 6.07) is 22.5. The molecule has 5 N–H and O–H groups in total. The Hall–Kier alpha value is -5.33. The summed E-state index contributed by atoms with van der Waals surface area (Å²) in [5, 5.41) is 11.8. The third-order valence-corrected chi connectivity index (χ3v) is 8.41. The van der Waals surface area contributed by atoms with E-state index in [0.717, 1.165) is 27.6 Å². The molecule has 3 aromatic carbocycles. The number of benzene rings is 3. The van der Waals surface area contributed by atoms with Crippen LogP contribution in [0.2, 0.25) is 0 Å². The number of para-hydroxylation sites is 1. The summed E-state index contributed by atoms with van der Waals surface area (Å²) in [6.07, 6.45) is 1.92. The van der Waals surface area contributed by atoms with Gasteiger partial charge in [0, 0.05) is 49.6 Å². The number of carbonyl (C=O) groups is 5. The minimum absolute atomic E-state index is 0.0614. The highest BCUT2D eigenvalue weighted by molar-refractivity contribution is 6.38. The summed E-state index contributed by atoms with van der Waals surface area (Å²) in [5.41, 5.74) is 3.19. The predicted octanol–water partition coefficient (Wildman–Crippen LogP) is 1.65. The Balaban J connectivity index is 1.32. The number of hydrogen-bond acceptors (Lipinski definition) is 7. The summed E-state index contributed by atoms with van der Waals surface area (Å²) >= 11 is 0. The quantitative estimate of drug-likeness (QED) is 0.121. The van der Waals surface area contributed by atoms with Crippen LogP contribution in [0.3, 0.4) is 0 Å². The van der Waals surface area contributed by atoms with E-state index in [1.165, 1.54) is 0 Å². The number of ether oxygens (including phenoxy) is 1. The van der Waals surface area contributed by atoms with Gasteiger partial charge in [0.1, 0.15) is 18.1 Å². The highest BCUT2D eigenvalue weighted by Crippen LogP contribution is 2.19. The van der Waals surface area contributed by atoms with Gasteiger partial charge >= 0.3 is 0 Å². The van der Waals surface area contributed by atoms with Crippen LogP contribution in [0.25, 0.3) is 10.9 Å². The number of ketones is 1. The van der Waals surface area contributed by atoms with Crippen molar-refractivity contribution in [1.82, 2.24) is 31.2 Å². The second-order valence-electron chi connectivity index (χ2n) is 12.1. The van der Waals surface area contributed by atoms with E-state index < -0.39 is 41.6 Å². The van der Waals surface area contributed by atoms with E-state index in [-0.39, 0.29) is 31.8 Å². The summed E-state index contributed by atoms with van der Waals surface area (Å²) in [7, 11) is 0. The second kappa shape index (κ2) is 17.2. The number of H-pyrrole nitrogens is 1. The Labute approximate surface area is 285 Å². The van der Waals surface area contributed by atoms with Crippen molar-refractivity contribution in [1.29, 1.82) is 0 Å². The van der Waals surface area contributed by atoms with E-state index in [1.807, 2.05) is 77.7 Å². The number of fused-ring (bicyclic) bond motifs is 1. The van der Waals surface area contributed by atoms with Crippen molar-refractivity contribution in [2.75, 3.05) is 32.8 Å². The fourth-order valence-electron chi connectivity index (χ4n) is 5.70. The van der Waals surface area contributed by atoms with Gasteiger partial charge in [-0.25, -0.2) is 0 Å². The zero-order valence-electron chi connectivity index (χ0n) is 27.4. The van der Waals surface area contributed by atoms with Crippen molar-refractivity contribution in [3.63, 3.8) is 0 Å². The second-order valence-corrected chi connectivity index (χ2v) is 12.1. The Morgan fingerprint density at radius 1 is 0.755 bits per heavy atom. The molecule has 1 aliphatic rings. The molecule has 0 bridgehead atoms. The van der Waals surface area contributed by atoms with Gasteiger partial charge in [-0.3, -0.25) is 28.9 Å². The third kappa shape index (κ3) is 10.1. The maximum atomic E-state index is 14.0. The minimum atomic E-state index is -1.21. The van der Waals surface area contributed by atoms with E-state index in [1.54, 1.807) is 25.3 Å². The Morgan fingerprint density at radius 3 is 2.10 bits per heavy atom. The van der Waals surface area contributed by atoms with Crippen molar-refractivity contribution in [2.24, 2.45) is 0 Å². The Morgan fingerprint density at radius 2 is 1.39 bits per heavy atom. The summed E-state index contributed by atoms with van der Waals surface area (Å²) in [6.45, 7) is 4.13. The Kier molecular flexibility index (Phi) is 12.3. The topological polar surface area (TPSA) is 162 Å². The number of aromatic nitrogens is 1. The van der Waals surface area contributed by atoms with Crippen LogP contribution < -0.4 is 21.3 Å². The van der Waals surface area contributed by atoms with Gasteiger partial charge in [0.05, 0.1) is 19.8 Å². The van der Waals surface area contributed by atoms with Crippen molar-refractivity contribution >= 4 is 40.3 Å². The summed E-state index contributed by atoms with van der Waals surface area (Å²) in [4.78, 5) is 71.9. The summed E-state index contributed by atoms with van der Waals surface area (Å²) in [5.74, 6) is -3.18. The number of carbonyl (C=O) groups excluding carboxylic acids is 5. The standard InChI is InChI=1S/C37H42N6O6/c1-25(40-33(44)24-43-16-18-49-19-17-43)35(46)42-32(21-28-23-38-30-15-9-8-14-29(28)30)36(47)41-31(20-26-10-4-2-5-11-26)34(45)37(48)39-22-27-12-6-3-7-13-27/h2-15,23,25,31-32,38H,16-22,24H2,1H3,(H,39,48)(H,40,44)(H,41,47)(H,42,46)/t25-,31?,32-/m0/s1. The lowest BCUT2D eigenvalue weighted by molar-refractivity contribution is -0.140. The van der Waals surface area contributed by atoms with E-state index >= 15 is 0 Å². The zero-order valence-corrected chi connectivity index (χ0v) is 27.4. The van der Waals surface area contributed by atoms with Gasteiger partial charge in [-0.2, -0.15) is 0 Å². The van der Waals surface area contributed by atoms with Crippen LogP contribution in [0, 0.1) is 0 Å². The smallest absolute Gasteiger partial charge is 0.289 e. The molecule has 0 radical (unpaired) electrons. The number of rotatable bonds is 15. The number of nitrogens with zero attached hydrogens (tertiary/aromatic N) is 1. The number of hydrogen-bond donors (Lipinski definition) is 5. The Bertz CT molecular complexity index is 1740. The molecule has 5 rings (SSSR count). The molecule has 1 unspecified atom stereocenters. The van der Waals surface area contributed by atoms with Gasteiger partial charge in [-0.1, -0.05) is 78.9 Å². The molecule has 3 atom stereocenters. The van der Waals surface area contributed by atoms with Gasteiger partial charge in [0.2, 0.25) is 23.5 Å². The van der Waals surface area contributed by atoms with Crippen molar-refractivity contribution in [3.8, 4) is 0 Å². The molecule has 1 aliphatic heterocycles. The molecule has 12 heteroatoms. The molecule has 4 aromatic rings. The van der Waals surface area contributed by atoms with Gasteiger partial charge in [-0.05, 0) is 29.7 Å². The zero-order chi connectivity index (χ0) is 34.6. The molecular weight excluding hydrogens is 624 g/mol. The van der Waals surface area contributed by atoms with Crippen molar-refractivity contribution in [2.45, 2.75) is 44.4 Å². The van der Waals surface area contributed by atoms with Crippen LogP contribution >= 0.6 is 0 Å². The molecule has 0 spiro atoms. The minimum Gasteiger partial charge on any atom is -0.379 e. The highest BCUT2D eigenvalue weighted by Gasteiger charge is 2.32. The maximum Gasteiger partial charge on any atom is 0.289 e. The molecule has 1 fully saturated rings. The highest BCUT2D eigenvalue weighted by atomic mass is 16.5. The number of amides is 4. The van der Waals surface area contributed by atoms with Crippen LogP contribution in [0.5, 0.6) is 0 Å². The number of morpholine rings is 1. The first-order chi connectivity index (χ1) is 23.8. The SMILES string of the molecule is C[C@H](NC(=O)CN1CCOCC1)C(=O)N[C@@H](Cc1c[nH]c2ccccc12)C(=O)NC(Cc1ccccc1)C(=O)C(=O)NCc1ccccc1. The molecule has 0 aliphatic carbocycles. The molecule has 2 heterocycles. The normalized spacial score (nSPS) is 15.0. The molecule has 4 amide bonds. The fraction of sp³-hybridized carbons (Fsp3) is 0.324. The largest absolute Gasteiger partial charge is 0.379 e. The number of nitrogens with one attached hydrogen (secondary N) is 5. The van der Waals surface area contributed by atoms with Crippen LogP contribution in [0.4, 0.5) is 0 Å². The molecule has 1 aromatic heterocycles. The molecule has 0 saturated carbocycles. The monoisotopic (exact) mass is 666 g/mol. The molecule has 12 nitrogen and oxygen atoms in total. The molecule has 1 saturated heterocycles. The number of Topliss-reactive ketones (excluding diaryl/α,β-unsaturated/α-hetero) is 1. The first-order valence-corrected chi connectivity index (χ1v) is 16.4. The first kappa shape index (κ1) is 35.0. The van der Waals surface area contributed by atoms with Crippen LogP contribution in [-0.2, 0) is 48.1 Å². The van der Waals surface area contributed by atoms with Crippen molar-refractivity contribution in [3.05, 3.63) is 108 Å². The summed E-state index contributed by atoms with van der Waals surface area (Å²) < 4.78 is 5.33. The van der Waals surface area contributed by atoms with E-state index in [2.05, 4.69) is 26.3 Å². The lowest BCUT2D eigenvalue weighted by atomic mass is 9.99. The predicted molar refractivity (Wildman–Crippen MR) is 184 cm³/mol. The molecule has 256 valence electrons. The average Bonchev–Trinajstić information content (AvgIpc) is 3.53. The van der Waals surface area contributed by atoms with Gasteiger partial charge in [-0.15, -0.1) is 0 Å². The van der Waals surface area contributed by atoms with E-state index in [4.69, 9.17) is 4.74 Å². The maximum absolute atomic E-state index is 14.0. The number of aromatic amines is 1. The van der Waals surface area contributed by atoms with Crippen molar-refractivity contribution < 1.29 is 28.7 Å². The van der Waals surface area contributed by atoms with Crippen LogP contribution in [0.15, 0.2) is 91.1 Å². The van der Waals surface area contributed by atoms with Gasteiger partial charge in [0.15, 0.2) is 0 Å². The average molecular weight is 667 g/mol. The molecule has 49 heavy (non-hydrogen) atoms. The van der Waals surface area contributed by atoms with Crippen LogP contribution in [0.1, 0.15) is 23.6 Å². The molecular formula is C37H42N6O6. The third-order valence-electron chi connectivity index (χ3n) is 8.41. The first-order valence-electron chi connectivity index (χ1n) is 16.4. The lowest BCUT2D eigenvalue weighted by Gasteiger charge is -2.27. The lowest BCUT2D eigenvalue weighted by Crippen LogP contribution is -2.57. The van der Waals surface area contributed by atoms with Gasteiger partial charge < -0.3 is 31.0 Å². The fourth-order valence-corrected chi connectivity index (χ4v) is 5.70. The van der Waals surface area contributed by atoms with Crippen LogP contribution in [-0.4, -0.2) is 90.3 Å². The van der Waals surface area contributed by atoms with Gasteiger partial charge in [0.25, 0.3) is 5.91 Å². The van der Waals surface area contributed by atoms with E-state index in [9.17, 15) is 24.0 Å². The van der Waals surface area contributed by atoms with E-state index in [0.29, 0.717) is 26.3 Å².